The molecule has 0 aromatic rings. The molecule has 0 amide bonds. The summed E-state index contributed by atoms with van der Waals surface area (Å²) in [4.78, 5) is 0. The van der Waals surface area contributed by atoms with Gasteiger partial charge in [0.15, 0.2) is 6.31 Å². The molecule has 1 saturated heterocycles. The SMILES string of the molecule is CCB(CC)[SiH]1O[SiH2]O1. The van der Waals surface area contributed by atoms with Crippen molar-refractivity contribution in [1.82, 2.24) is 0 Å². The molecule has 0 unspecified atom stereocenters. The molecule has 9 heavy (non-hydrogen) atoms. The van der Waals surface area contributed by atoms with Crippen LogP contribution in [0, 0.1) is 0 Å². The molecule has 0 N–H and O–H groups in total. The zero-order chi connectivity index (χ0) is 6.69. The second kappa shape index (κ2) is 3.55. The van der Waals surface area contributed by atoms with Crippen LogP contribution < -0.4 is 0 Å². The van der Waals surface area contributed by atoms with Crippen molar-refractivity contribution >= 4 is 25.5 Å². The van der Waals surface area contributed by atoms with Gasteiger partial charge in [-0.15, -0.1) is 0 Å². The highest BCUT2D eigenvalue weighted by Crippen LogP contribution is 2.10. The van der Waals surface area contributed by atoms with E-state index < -0.39 is 19.2 Å². The van der Waals surface area contributed by atoms with Gasteiger partial charge in [-0.1, -0.05) is 26.5 Å². The molecular formula is C4H13BO2Si2. The van der Waals surface area contributed by atoms with Crippen molar-refractivity contribution in [2.45, 2.75) is 26.5 Å². The van der Waals surface area contributed by atoms with Crippen LogP contribution >= 0.6 is 0 Å². The van der Waals surface area contributed by atoms with Gasteiger partial charge in [-0.3, -0.25) is 0 Å². The van der Waals surface area contributed by atoms with E-state index >= 15 is 0 Å². The Kier molecular flexibility index (Phi) is 2.97. The molecule has 0 atom stereocenters. The maximum atomic E-state index is 5.43. The summed E-state index contributed by atoms with van der Waals surface area (Å²) in [5.74, 6) is 0. The Balaban J connectivity index is 2.19. The van der Waals surface area contributed by atoms with Gasteiger partial charge in [-0.05, 0) is 0 Å². The van der Waals surface area contributed by atoms with Gasteiger partial charge in [0.1, 0.15) is 0 Å². The molecule has 1 heterocycles. The summed E-state index contributed by atoms with van der Waals surface area (Å²) in [5.41, 5.74) is 0. The van der Waals surface area contributed by atoms with Gasteiger partial charge in [-0.25, -0.2) is 0 Å². The Morgan fingerprint density at radius 2 is 1.89 bits per heavy atom. The minimum atomic E-state index is -1.05. The van der Waals surface area contributed by atoms with Gasteiger partial charge in [0.05, 0.1) is 0 Å². The molecule has 0 aromatic heterocycles. The lowest BCUT2D eigenvalue weighted by atomic mass is 9.70. The lowest BCUT2D eigenvalue weighted by molar-refractivity contribution is 0.332. The van der Waals surface area contributed by atoms with Crippen molar-refractivity contribution in [3.8, 4) is 0 Å². The summed E-state index contributed by atoms with van der Waals surface area (Å²) in [6.07, 6.45) is 3.26. The van der Waals surface area contributed by atoms with Crippen LogP contribution in [0.2, 0.25) is 12.6 Å². The monoisotopic (exact) mass is 160 g/mol. The average molecular weight is 160 g/mol. The molecule has 2 nitrogen and oxygen atoms in total. The molecule has 0 radical (unpaired) electrons. The van der Waals surface area contributed by atoms with Crippen LogP contribution in [-0.2, 0) is 8.23 Å². The quantitative estimate of drug-likeness (QED) is 0.535. The zero-order valence-electron chi connectivity index (χ0n) is 6.09. The van der Waals surface area contributed by atoms with Crippen molar-refractivity contribution in [2.75, 3.05) is 0 Å². The van der Waals surface area contributed by atoms with Gasteiger partial charge >= 0.3 is 0 Å². The van der Waals surface area contributed by atoms with Crippen molar-refractivity contribution < 1.29 is 8.23 Å². The topological polar surface area (TPSA) is 18.5 Å². The highest BCUT2D eigenvalue weighted by molar-refractivity contribution is 7.20. The molecule has 0 aromatic carbocycles. The summed E-state index contributed by atoms with van der Waals surface area (Å²) < 4.78 is 10.9. The van der Waals surface area contributed by atoms with Crippen LogP contribution in [0.25, 0.3) is 0 Å². The van der Waals surface area contributed by atoms with E-state index in [9.17, 15) is 0 Å². The maximum absolute atomic E-state index is 5.43. The van der Waals surface area contributed by atoms with E-state index in [0.717, 1.165) is 6.31 Å². The standard InChI is InChI=1S/C4H13BO2Si2/c1-3-5(4-2)9-6-8-7-9/h9H,3-4,8H2,1-2H3. The number of hydrogen-bond donors (Lipinski definition) is 0. The lowest BCUT2D eigenvalue weighted by Crippen LogP contribution is -2.50. The molecule has 5 heteroatoms. The Labute approximate surface area is 60.9 Å². The molecule has 1 aliphatic rings. The second-order valence-corrected chi connectivity index (χ2v) is 6.98. The number of hydrogen-bond acceptors (Lipinski definition) is 2. The predicted octanol–water partition coefficient (Wildman–Crippen LogP) is -0.135. The Hall–Kier alpha value is 0.419. The van der Waals surface area contributed by atoms with Crippen molar-refractivity contribution in [1.29, 1.82) is 0 Å². The summed E-state index contributed by atoms with van der Waals surface area (Å²) in [6.45, 7) is 4.43. The van der Waals surface area contributed by atoms with E-state index in [1.165, 1.54) is 12.6 Å². The highest BCUT2D eigenvalue weighted by Gasteiger charge is 2.32. The van der Waals surface area contributed by atoms with Crippen molar-refractivity contribution in [2.24, 2.45) is 0 Å². The fraction of sp³-hybridized carbons (Fsp3) is 1.00. The van der Waals surface area contributed by atoms with Crippen molar-refractivity contribution in [3.63, 3.8) is 0 Å². The van der Waals surface area contributed by atoms with Crippen LogP contribution in [0.5, 0.6) is 0 Å². The Morgan fingerprint density at radius 1 is 1.33 bits per heavy atom. The van der Waals surface area contributed by atoms with Gasteiger partial charge in [0, 0.05) is 0 Å². The Bertz CT molecular complexity index is 84.6. The molecule has 0 spiro atoms. The molecule has 1 rings (SSSR count). The van der Waals surface area contributed by atoms with Gasteiger partial charge in [0.2, 0.25) is 0 Å². The fourth-order valence-electron chi connectivity index (χ4n) is 1.09. The van der Waals surface area contributed by atoms with Gasteiger partial charge < -0.3 is 8.23 Å². The van der Waals surface area contributed by atoms with E-state index in [1.807, 2.05) is 0 Å². The minimum Gasteiger partial charge on any atom is -0.428 e. The van der Waals surface area contributed by atoms with E-state index in [4.69, 9.17) is 8.23 Å². The highest BCUT2D eigenvalue weighted by atomic mass is 28.4. The molecule has 0 saturated carbocycles. The van der Waals surface area contributed by atoms with Gasteiger partial charge in [-0.2, -0.15) is 0 Å². The van der Waals surface area contributed by atoms with Crippen LogP contribution in [0.1, 0.15) is 13.8 Å². The first-order valence-electron chi connectivity index (χ1n) is 3.61. The summed E-state index contributed by atoms with van der Waals surface area (Å²) in [6, 6.07) is 0. The van der Waals surface area contributed by atoms with E-state index in [1.54, 1.807) is 0 Å². The number of rotatable bonds is 3. The third-order valence-electron chi connectivity index (χ3n) is 1.90. The van der Waals surface area contributed by atoms with Crippen LogP contribution in [0.15, 0.2) is 0 Å². The van der Waals surface area contributed by atoms with Crippen LogP contribution in [0.3, 0.4) is 0 Å². The molecule has 0 aliphatic carbocycles. The summed E-state index contributed by atoms with van der Waals surface area (Å²) in [7, 11) is -1.50. The van der Waals surface area contributed by atoms with Crippen molar-refractivity contribution in [3.05, 3.63) is 0 Å². The van der Waals surface area contributed by atoms with Crippen LogP contribution in [-0.4, -0.2) is 25.5 Å². The summed E-state index contributed by atoms with van der Waals surface area (Å²) >= 11 is 0. The molecular weight excluding hydrogens is 147 g/mol. The normalized spacial score (nSPS) is 28.0. The molecule has 52 valence electrons. The predicted molar refractivity (Wildman–Crippen MR) is 44.6 cm³/mol. The van der Waals surface area contributed by atoms with E-state index in [0.29, 0.717) is 0 Å². The molecule has 1 aliphatic heterocycles. The molecule has 1 fully saturated rings. The van der Waals surface area contributed by atoms with E-state index in [2.05, 4.69) is 13.8 Å². The Morgan fingerprint density at radius 3 is 2.00 bits per heavy atom. The largest absolute Gasteiger partial charge is 0.428 e. The first-order valence-corrected chi connectivity index (χ1v) is 6.38. The third kappa shape index (κ3) is 1.67. The first kappa shape index (κ1) is 7.52. The fourth-order valence-corrected chi connectivity index (χ4v) is 5.21. The van der Waals surface area contributed by atoms with Crippen LogP contribution in [0.4, 0.5) is 0 Å². The minimum absolute atomic E-state index is 0.442. The summed E-state index contributed by atoms with van der Waals surface area (Å²) in [5, 5.41) is 0. The smallest absolute Gasteiger partial charge is 0.285 e. The molecule has 0 bridgehead atoms. The first-order chi connectivity index (χ1) is 4.38. The van der Waals surface area contributed by atoms with Gasteiger partial charge in [0.25, 0.3) is 19.2 Å². The maximum Gasteiger partial charge on any atom is 0.285 e. The van der Waals surface area contributed by atoms with E-state index in [-0.39, 0.29) is 0 Å². The second-order valence-electron chi connectivity index (χ2n) is 2.40. The average Bonchev–Trinajstić information content (AvgIpc) is 1.78. The lowest BCUT2D eigenvalue weighted by Gasteiger charge is -2.30. The third-order valence-corrected chi connectivity index (χ3v) is 7.33. The zero-order valence-corrected chi connectivity index (χ0v) is 8.66.